The molecule has 0 amide bonds. The van der Waals surface area contributed by atoms with E-state index in [9.17, 15) is 13.9 Å². The largest absolute Gasteiger partial charge is 0.385 e. The summed E-state index contributed by atoms with van der Waals surface area (Å²) in [6.07, 6.45) is 0.507. The summed E-state index contributed by atoms with van der Waals surface area (Å²) in [4.78, 5) is 0. The Morgan fingerprint density at radius 1 is 1.46 bits per heavy atom. The second kappa shape index (κ2) is 2.51. The highest BCUT2D eigenvalue weighted by molar-refractivity contribution is 5.31. The van der Waals surface area contributed by atoms with Crippen LogP contribution in [0.25, 0.3) is 0 Å². The molecule has 0 spiro atoms. The van der Waals surface area contributed by atoms with Gasteiger partial charge in [0.1, 0.15) is 11.6 Å². The molecular weight excluding hydrogens is 174 g/mol. The smallest absolute Gasteiger partial charge is 0.129 e. The average Bonchev–Trinajstić information content (AvgIpc) is 2.66. The predicted octanol–water partition coefficient (Wildman–Crippen LogP) is 2.19. The molecule has 13 heavy (non-hydrogen) atoms. The summed E-state index contributed by atoms with van der Waals surface area (Å²) >= 11 is 0. The minimum atomic E-state index is -1.13. The zero-order valence-electron chi connectivity index (χ0n) is 7.22. The molecule has 1 aromatic rings. The molecule has 0 saturated heterocycles. The minimum absolute atomic E-state index is 0.0174. The Balaban J connectivity index is 2.46. The molecule has 2 atom stereocenters. The second-order valence-corrected chi connectivity index (χ2v) is 3.65. The van der Waals surface area contributed by atoms with Crippen molar-refractivity contribution in [1.29, 1.82) is 0 Å². The summed E-state index contributed by atoms with van der Waals surface area (Å²) in [7, 11) is 0. The third kappa shape index (κ3) is 1.23. The molecule has 0 heterocycles. The fraction of sp³-hybridized carbons (Fsp3) is 0.400. The molecule has 0 aliphatic heterocycles. The van der Waals surface area contributed by atoms with Crippen LogP contribution in [0.15, 0.2) is 18.2 Å². The predicted molar refractivity (Wildman–Crippen MR) is 44.0 cm³/mol. The monoisotopic (exact) mass is 184 g/mol. The lowest BCUT2D eigenvalue weighted by Crippen LogP contribution is -2.10. The van der Waals surface area contributed by atoms with Crippen molar-refractivity contribution in [2.75, 3.05) is 0 Å². The van der Waals surface area contributed by atoms with Crippen LogP contribution in [0, 0.1) is 17.6 Å². The Labute approximate surface area is 75.0 Å². The number of aliphatic hydroxyl groups is 1. The van der Waals surface area contributed by atoms with E-state index >= 15 is 0 Å². The van der Waals surface area contributed by atoms with Gasteiger partial charge in [-0.3, -0.25) is 0 Å². The first-order chi connectivity index (χ1) is 6.04. The third-order valence-electron chi connectivity index (χ3n) is 2.67. The number of hydrogen-bond acceptors (Lipinski definition) is 1. The Bertz CT molecular complexity index is 351. The van der Waals surface area contributed by atoms with Gasteiger partial charge in [-0.15, -0.1) is 0 Å². The topological polar surface area (TPSA) is 20.2 Å². The summed E-state index contributed by atoms with van der Waals surface area (Å²) in [6, 6.07) is 3.17. The highest BCUT2D eigenvalue weighted by Crippen LogP contribution is 2.52. The van der Waals surface area contributed by atoms with E-state index < -0.39 is 17.2 Å². The van der Waals surface area contributed by atoms with Gasteiger partial charge in [0.05, 0.1) is 5.60 Å². The van der Waals surface area contributed by atoms with Crippen molar-refractivity contribution in [3.05, 3.63) is 35.4 Å². The number of rotatable bonds is 1. The van der Waals surface area contributed by atoms with Gasteiger partial charge in [-0.05, 0) is 30.5 Å². The number of halogens is 2. The van der Waals surface area contributed by atoms with Crippen LogP contribution in [0.1, 0.15) is 18.9 Å². The van der Waals surface area contributed by atoms with E-state index in [4.69, 9.17) is 0 Å². The highest BCUT2D eigenvalue weighted by Gasteiger charge is 2.52. The quantitative estimate of drug-likeness (QED) is 0.709. The number of hydrogen-bond donors (Lipinski definition) is 1. The van der Waals surface area contributed by atoms with E-state index in [1.54, 1.807) is 0 Å². The van der Waals surface area contributed by atoms with Crippen LogP contribution in [0.5, 0.6) is 0 Å². The van der Waals surface area contributed by atoms with E-state index in [0.717, 1.165) is 18.2 Å². The van der Waals surface area contributed by atoms with Crippen molar-refractivity contribution in [2.45, 2.75) is 18.9 Å². The zero-order valence-corrected chi connectivity index (χ0v) is 7.22. The molecule has 3 heteroatoms. The SMILES string of the molecule is CC1CC1(O)c1cc(F)ccc1F. The lowest BCUT2D eigenvalue weighted by atomic mass is 10.1. The average molecular weight is 184 g/mol. The maximum atomic E-state index is 13.2. The van der Waals surface area contributed by atoms with E-state index in [0.29, 0.717) is 6.42 Å². The molecule has 1 aliphatic rings. The minimum Gasteiger partial charge on any atom is -0.385 e. The molecule has 1 fully saturated rings. The van der Waals surface area contributed by atoms with Gasteiger partial charge in [0.2, 0.25) is 0 Å². The molecule has 0 bridgehead atoms. The summed E-state index contributed by atoms with van der Waals surface area (Å²) in [5.41, 5.74) is -1.05. The summed E-state index contributed by atoms with van der Waals surface area (Å²) in [5.74, 6) is -1.03. The van der Waals surface area contributed by atoms with Crippen molar-refractivity contribution in [3.8, 4) is 0 Å². The Kier molecular flexibility index (Phi) is 1.67. The molecule has 1 aliphatic carbocycles. The van der Waals surface area contributed by atoms with Crippen LogP contribution in [-0.4, -0.2) is 5.11 Å². The fourth-order valence-electron chi connectivity index (χ4n) is 1.61. The van der Waals surface area contributed by atoms with Gasteiger partial charge in [0.15, 0.2) is 0 Å². The van der Waals surface area contributed by atoms with E-state index in [2.05, 4.69) is 0 Å². The second-order valence-electron chi connectivity index (χ2n) is 3.65. The van der Waals surface area contributed by atoms with Crippen LogP contribution >= 0.6 is 0 Å². The molecule has 0 aromatic heterocycles. The maximum Gasteiger partial charge on any atom is 0.129 e. The Hall–Kier alpha value is -0.960. The zero-order chi connectivity index (χ0) is 9.64. The molecule has 2 unspecified atom stereocenters. The molecule has 1 N–H and O–H groups in total. The highest BCUT2D eigenvalue weighted by atomic mass is 19.1. The number of benzene rings is 1. The van der Waals surface area contributed by atoms with Crippen molar-refractivity contribution in [3.63, 3.8) is 0 Å². The van der Waals surface area contributed by atoms with Crippen LogP contribution in [0.4, 0.5) is 8.78 Å². The van der Waals surface area contributed by atoms with Crippen LogP contribution < -0.4 is 0 Å². The molecule has 2 rings (SSSR count). The third-order valence-corrected chi connectivity index (χ3v) is 2.67. The molecule has 1 nitrogen and oxygen atoms in total. The fourth-order valence-corrected chi connectivity index (χ4v) is 1.61. The molecule has 1 saturated carbocycles. The lowest BCUT2D eigenvalue weighted by Gasteiger charge is -2.10. The normalized spacial score (nSPS) is 31.8. The van der Waals surface area contributed by atoms with Gasteiger partial charge in [-0.25, -0.2) is 8.78 Å². The standard InChI is InChI=1S/C10H10F2O/c1-6-5-10(6,13)8-4-7(11)2-3-9(8)12/h2-4,6,13H,5H2,1H3. The Morgan fingerprint density at radius 2 is 2.08 bits per heavy atom. The molecular formula is C10H10F2O. The van der Waals surface area contributed by atoms with Gasteiger partial charge >= 0.3 is 0 Å². The van der Waals surface area contributed by atoms with Crippen molar-refractivity contribution in [1.82, 2.24) is 0 Å². The Morgan fingerprint density at radius 3 is 2.62 bits per heavy atom. The first-order valence-electron chi connectivity index (χ1n) is 4.22. The van der Waals surface area contributed by atoms with Crippen LogP contribution in [0.2, 0.25) is 0 Å². The molecule has 70 valence electrons. The first kappa shape index (κ1) is 8.63. The van der Waals surface area contributed by atoms with E-state index in [1.807, 2.05) is 6.92 Å². The van der Waals surface area contributed by atoms with Gasteiger partial charge in [0, 0.05) is 5.56 Å². The van der Waals surface area contributed by atoms with Gasteiger partial charge < -0.3 is 5.11 Å². The molecule has 1 aromatic carbocycles. The molecule has 0 radical (unpaired) electrons. The van der Waals surface area contributed by atoms with Crippen molar-refractivity contribution >= 4 is 0 Å². The van der Waals surface area contributed by atoms with E-state index in [-0.39, 0.29) is 11.5 Å². The van der Waals surface area contributed by atoms with E-state index in [1.165, 1.54) is 0 Å². The van der Waals surface area contributed by atoms with Gasteiger partial charge in [-0.2, -0.15) is 0 Å². The summed E-state index contributed by atoms with van der Waals surface area (Å²) < 4.78 is 25.9. The van der Waals surface area contributed by atoms with Crippen LogP contribution in [-0.2, 0) is 5.60 Å². The van der Waals surface area contributed by atoms with Crippen molar-refractivity contribution in [2.24, 2.45) is 5.92 Å². The van der Waals surface area contributed by atoms with Gasteiger partial charge in [0.25, 0.3) is 0 Å². The summed E-state index contributed by atoms with van der Waals surface area (Å²) in [5, 5.41) is 9.77. The first-order valence-corrected chi connectivity index (χ1v) is 4.22. The van der Waals surface area contributed by atoms with Crippen LogP contribution in [0.3, 0.4) is 0 Å². The summed E-state index contributed by atoms with van der Waals surface area (Å²) in [6.45, 7) is 1.81. The van der Waals surface area contributed by atoms with Gasteiger partial charge in [-0.1, -0.05) is 6.92 Å². The lowest BCUT2D eigenvalue weighted by molar-refractivity contribution is 0.129. The van der Waals surface area contributed by atoms with Crippen molar-refractivity contribution < 1.29 is 13.9 Å². The maximum absolute atomic E-state index is 13.2.